The highest BCUT2D eigenvalue weighted by atomic mass is 32.2. The highest BCUT2D eigenvalue weighted by Crippen LogP contribution is 2.31. The fourth-order valence-electron chi connectivity index (χ4n) is 2.58. The van der Waals surface area contributed by atoms with Crippen LogP contribution in [0.4, 0.5) is 5.69 Å². The number of thioether (sulfide) groups is 1. The Balaban J connectivity index is 1.74. The summed E-state index contributed by atoms with van der Waals surface area (Å²) in [6.45, 7) is 0. The SMILES string of the molecule is CSc1nc2ccc(NC3CCC(N)CC3)cc2s1. The van der Waals surface area contributed by atoms with Crippen LogP contribution in [0.25, 0.3) is 10.2 Å². The smallest absolute Gasteiger partial charge is 0.150 e. The van der Waals surface area contributed by atoms with E-state index in [1.54, 1.807) is 23.1 Å². The van der Waals surface area contributed by atoms with Crippen LogP contribution >= 0.6 is 23.1 Å². The summed E-state index contributed by atoms with van der Waals surface area (Å²) in [6, 6.07) is 7.46. The van der Waals surface area contributed by atoms with Crippen LogP contribution in [0.15, 0.2) is 22.5 Å². The summed E-state index contributed by atoms with van der Waals surface area (Å²) in [4.78, 5) is 4.57. The number of benzene rings is 1. The zero-order valence-electron chi connectivity index (χ0n) is 11.1. The number of nitrogens with one attached hydrogen (secondary N) is 1. The highest BCUT2D eigenvalue weighted by molar-refractivity contribution is 8.00. The molecular formula is C14H19N3S2. The van der Waals surface area contributed by atoms with Crippen LogP contribution in [-0.2, 0) is 0 Å². The van der Waals surface area contributed by atoms with Crippen LogP contribution in [0.3, 0.4) is 0 Å². The predicted molar refractivity (Wildman–Crippen MR) is 85.3 cm³/mol. The van der Waals surface area contributed by atoms with Crippen molar-refractivity contribution in [2.45, 2.75) is 42.1 Å². The molecule has 1 aromatic heterocycles. The summed E-state index contributed by atoms with van der Waals surface area (Å²) in [5.41, 5.74) is 8.26. The maximum absolute atomic E-state index is 5.95. The van der Waals surface area contributed by atoms with Gasteiger partial charge in [-0.15, -0.1) is 11.3 Å². The molecule has 1 aliphatic carbocycles. The second kappa shape index (κ2) is 5.69. The second-order valence-electron chi connectivity index (χ2n) is 5.12. The quantitative estimate of drug-likeness (QED) is 0.847. The maximum Gasteiger partial charge on any atom is 0.150 e. The molecule has 0 saturated heterocycles. The van der Waals surface area contributed by atoms with E-state index < -0.39 is 0 Å². The Kier molecular flexibility index (Phi) is 3.96. The van der Waals surface area contributed by atoms with E-state index in [-0.39, 0.29) is 0 Å². The molecule has 3 nitrogen and oxygen atoms in total. The first-order valence-corrected chi connectivity index (χ1v) is 8.75. The molecular weight excluding hydrogens is 274 g/mol. The van der Waals surface area contributed by atoms with Gasteiger partial charge in [-0.2, -0.15) is 0 Å². The zero-order valence-corrected chi connectivity index (χ0v) is 12.7. The monoisotopic (exact) mass is 293 g/mol. The van der Waals surface area contributed by atoms with Crippen LogP contribution < -0.4 is 11.1 Å². The molecule has 19 heavy (non-hydrogen) atoms. The lowest BCUT2D eigenvalue weighted by Crippen LogP contribution is -2.32. The fraction of sp³-hybridized carbons (Fsp3) is 0.500. The summed E-state index contributed by atoms with van der Waals surface area (Å²) in [5, 5.41) is 3.64. The molecule has 0 amide bonds. The number of aromatic nitrogens is 1. The number of thiazole rings is 1. The number of rotatable bonds is 3. The summed E-state index contributed by atoms with van der Waals surface area (Å²) in [6.07, 6.45) is 6.70. The molecule has 3 rings (SSSR count). The highest BCUT2D eigenvalue weighted by Gasteiger charge is 2.18. The average molecular weight is 293 g/mol. The van der Waals surface area contributed by atoms with Gasteiger partial charge in [0.25, 0.3) is 0 Å². The first-order valence-electron chi connectivity index (χ1n) is 6.71. The van der Waals surface area contributed by atoms with E-state index in [0.717, 1.165) is 22.7 Å². The number of nitrogens with two attached hydrogens (primary N) is 1. The van der Waals surface area contributed by atoms with Gasteiger partial charge >= 0.3 is 0 Å². The Morgan fingerprint density at radius 1 is 1.32 bits per heavy atom. The van der Waals surface area contributed by atoms with Crippen molar-refractivity contribution in [1.82, 2.24) is 4.98 Å². The lowest BCUT2D eigenvalue weighted by molar-refractivity contribution is 0.411. The summed E-state index contributed by atoms with van der Waals surface area (Å²) >= 11 is 3.48. The van der Waals surface area contributed by atoms with Crippen LogP contribution in [0.5, 0.6) is 0 Å². The van der Waals surface area contributed by atoms with E-state index in [4.69, 9.17) is 5.73 Å². The largest absolute Gasteiger partial charge is 0.382 e. The molecule has 0 radical (unpaired) electrons. The first-order chi connectivity index (χ1) is 9.24. The van der Waals surface area contributed by atoms with E-state index in [2.05, 4.69) is 34.8 Å². The summed E-state index contributed by atoms with van der Waals surface area (Å²) in [7, 11) is 0. The van der Waals surface area contributed by atoms with Crippen molar-refractivity contribution < 1.29 is 0 Å². The molecule has 1 heterocycles. The third kappa shape index (κ3) is 3.04. The molecule has 2 aromatic rings. The standard InChI is InChI=1S/C14H19N3S2/c1-18-14-17-12-7-6-11(8-13(12)19-14)16-10-4-2-9(15)3-5-10/h6-10,16H,2-5,15H2,1H3. The Hall–Kier alpha value is -0.780. The van der Waals surface area contributed by atoms with Crippen molar-refractivity contribution in [1.29, 1.82) is 0 Å². The third-order valence-corrected chi connectivity index (χ3v) is 5.69. The van der Waals surface area contributed by atoms with E-state index >= 15 is 0 Å². The van der Waals surface area contributed by atoms with Gasteiger partial charge in [0.1, 0.15) is 0 Å². The second-order valence-corrected chi connectivity index (χ2v) is 7.21. The van der Waals surface area contributed by atoms with Gasteiger partial charge < -0.3 is 11.1 Å². The van der Waals surface area contributed by atoms with Gasteiger partial charge in [-0.3, -0.25) is 0 Å². The number of anilines is 1. The van der Waals surface area contributed by atoms with Crippen LogP contribution in [0, 0.1) is 0 Å². The van der Waals surface area contributed by atoms with Gasteiger partial charge in [-0.25, -0.2) is 4.98 Å². The molecule has 5 heteroatoms. The van der Waals surface area contributed by atoms with E-state index in [0.29, 0.717) is 12.1 Å². The zero-order chi connectivity index (χ0) is 13.2. The Labute approximate surface area is 122 Å². The minimum Gasteiger partial charge on any atom is -0.382 e. The first kappa shape index (κ1) is 13.2. The van der Waals surface area contributed by atoms with Crippen molar-refractivity contribution in [2.24, 2.45) is 5.73 Å². The lowest BCUT2D eigenvalue weighted by atomic mass is 9.92. The Bertz CT molecular complexity index is 559. The van der Waals surface area contributed by atoms with Crippen LogP contribution in [-0.4, -0.2) is 23.3 Å². The minimum atomic E-state index is 0.408. The molecule has 3 N–H and O–H groups in total. The molecule has 1 fully saturated rings. The number of hydrogen-bond donors (Lipinski definition) is 2. The van der Waals surface area contributed by atoms with Crippen LogP contribution in [0.1, 0.15) is 25.7 Å². The van der Waals surface area contributed by atoms with Gasteiger partial charge in [0.15, 0.2) is 4.34 Å². The van der Waals surface area contributed by atoms with Gasteiger partial charge in [0, 0.05) is 17.8 Å². The molecule has 0 spiro atoms. The van der Waals surface area contributed by atoms with E-state index in [1.165, 1.54) is 23.2 Å². The van der Waals surface area contributed by atoms with Gasteiger partial charge in [-0.05, 0) is 50.1 Å². The van der Waals surface area contributed by atoms with Crippen LogP contribution in [0.2, 0.25) is 0 Å². The van der Waals surface area contributed by atoms with Crippen molar-refractivity contribution in [3.05, 3.63) is 18.2 Å². The van der Waals surface area contributed by atoms with Crippen molar-refractivity contribution in [3.8, 4) is 0 Å². The molecule has 1 aromatic carbocycles. The molecule has 1 aliphatic rings. The van der Waals surface area contributed by atoms with Crippen molar-refractivity contribution in [3.63, 3.8) is 0 Å². The summed E-state index contributed by atoms with van der Waals surface area (Å²) in [5.74, 6) is 0. The van der Waals surface area contributed by atoms with Gasteiger partial charge in [0.05, 0.1) is 10.2 Å². The molecule has 102 valence electrons. The van der Waals surface area contributed by atoms with Gasteiger partial charge in [-0.1, -0.05) is 11.8 Å². The number of nitrogens with zero attached hydrogens (tertiary/aromatic N) is 1. The predicted octanol–water partition coefficient (Wildman–Crippen LogP) is 3.70. The topological polar surface area (TPSA) is 50.9 Å². The maximum atomic E-state index is 5.95. The summed E-state index contributed by atoms with van der Waals surface area (Å²) < 4.78 is 2.40. The van der Waals surface area contributed by atoms with E-state index in [1.807, 2.05) is 0 Å². The molecule has 1 saturated carbocycles. The molecule has 0 unspecified atom stereocenters. The Morgan fingerprint density at radius 3 is 2.84 bits per heavy atom. The Morgan fingerprint density at radius 2 is 2.11 bits per heavy atom. The lowest BCUT2D eigenvalue weighted by Gasteiger charge is -2.27. The number of hydrogen-bond acceptors (Lipinski definition) is 5. The van der Waals surface area contributed by atoms with E-state index in [9.17, 15) is 0 Å². The normalized spacial score (nSPS) is 23.7. The average Bonchev–Trinajstić information content (AvgIpc) is 2.83. The number of fused-ring (bicyclic) bond motifs is 1. The van der Waals surface area contributed by atoms with Crippen molar-refractivity contribution >= 4 is 39.0 Å². The molecule has 0 aliphatic heterocycles. The molecule has 0 bridgehead atoms. The fourth-order valence-corrected chi connectivity index (χ4v) is 4.11. The molecule has 0 atom stereocenters. The third-order valence-electron chi connectivity index (χ3n) is 3.69. The van der Waals surface area contributed by atoms with Gasteiger partial charge in [0.2, 0.25) is 0 Å². The minimum absolute atomic E-state index is 0.408. The van der Waals surface area contributed by atoms with Crippen molar-refractivity contribution in [2.75, 3.05) is 11.6 Å².